The number of carbonyl (C=O) groups excluding carboxylic acids is 2. The smallest absolute Gasteiger partial charge is 0.251 e. The van der Waals surface area contributed by atoms with Gasteiger partial charge in [-0.05, 0) is 68.0 Å². The van der Waals surface area contributed by atoms with Gasteiger partial charge in [0.05, 0.1) is 18.7 Å². The zero-order valence-electron chi connectivity index (χ0n) is 16.0. The van der Waals surface area contributed by atoms with Crippen molar-refractivity contribution in [3.63, 3.8) is 0 Å². The number of nitrogens with zero attached hydrogens (tertiary/aromatic N) is 1. The minimum Gasteiger partial charge on any atom is -0.494 e. The van der Waals surface area contributed by atoms with Gasteiger partial charge in [0.15, 0.2) is 0 Å². The highest BCUT2D eigenvalue weighted by molar-refractivity contribution is 6.11. The molecule has 0 spiro atoms. The quantitative estimate of drug-likeness (QED) is 0.872. The van der Waals surface area contributed by atoms with Gasteiger partial charge in [0.1, 0.15) is 5.75 Å². The standard InChI is InChI=1S/C23H24N2O3/c1-2-28-17-10-7-15(8-11-17)13-22(26)24-16-9-12-19-18-5-3-4-6-20(18)23(27)25-21(19)14-16/h7-12,14,19H,2-6,13H2,1H3,(H,25,27). The van der Waals surface area contributed by atoms with Crippen LogP contribution in [-0.2, 0) is 16.0 Å². The molecular weight excluding hydrogens is 352 g/mol. The van der Waals surface area contributed by atoms with Crippen LogP contribution in [0.5, 0.6) is 5.75 Å². The number of benzene rings is 1. The van der Waals surface area contributed by atoms with Crippen LogP contribution in [0, 0.1) is 5.92 Å². The number of ether oxygens (including phenoxy) is 1. The van der Waals surface area contributed by atoms with Gasteiger partial charge in [-0.2, -0.15) is 0 Å². The third-order valence-corrected chi connectivity index (χ3v) is 5.36. The molecule has 0 fully saturated rings. The van der Waals surface area contributed by atoms with Crippen molar-refractivity contribution in [3.05, 3.63) is 64.9 Å². The number of amides is 2. The predicted octanol–water partition coefficient (Wildman–Crippen LogP) is 3.67. The number of carbonyl (C=O) groups is 2. The predicted molar refractivity (Wildman–Crippen MR) is 108 cm³/mol. The Labute approximate surface area is 164 Å². The topological polar surface area (TPSA) is 67.8 Å². The first kappa shape index (κ1) is 18.4. The fourth-order valence-corrected chi connectivity index (χ4v) is 4.05. The molecule has 5 nitrogen and oxygen atoms in total. The van der Waals surface area contributed by atoms with E-state index in [2.05, 4.69) is 16.4 Å². The molecule has 1 aromatic rings. The molecule has 1 atom stereocenters. The second kappa shape index (κ2) is 7.97. The summed E-state index contributed by atoms with van der Waals surface area (Å²) in [6.07, 6.45) is 10.0. The lowest BCUT2D eigenvalue weighted by Gasteiger charge is -2.33. The minimum atomic E-state index is -0.209. The maximum Gasteiger partial charge on any atom is 0.251 e. The van der Waals surface area contributed by atoms with E-state index >= 15 is 0 Å². The third kappa shape index (κ3) is 3.84. The number of hydrogen-bond acceptors (Lipinski definition) is 3. The summed E-state index contributed by atoms with van der Waals surface area (Å²) in [5.41, 5.74) is 4.50. The van der Waals surface area contributed by atoms with Crippen molar-refractivity contribution in [1.82, 2.24) is 5.32 Å². The van der Waals surface area contributed by atoms with Crippen molar-refractivity contribution >= 4 is 17.5 Å². The Bertz CT molecular complexity index is 920. The van der Waals surface area contributed by atoms with Crippen LogP contribution in [-0.4, -0.2) is 24.1 Å². The molecule has 0 saturated carbocycles. The van der Waals surface area contributed by atoms with Gasteiger partial charge in [-0.1, -0.05) is 18.2 Å². The zero-order chi connectivity index (χ0) is 19.5. The van der Waals surface area contributed by atoms with E-state index in [4.69, 9.17) is 4.74 Å². The van der Waals surface area contributed by atoms with Crippen molar-refractivity contribution in [1.29, 1.82) is 0 Å². The Morgan fingerprint density at radius 2 is 2.00 bits per heavy atom. The summed E-state index contributed by atoms with van der Waals surface area (Å²) < 4.78 is 5.42. The van der Waals surface area contributed by atoms with Gasteiger partial charge in [-0.25, -0.2) is 4.99 Å². The van der Waals surface area contributed by atoms with Gasteiger partial charge in [-0.3, -0.25) is 9.59 Å². The molecule has 4 rings (SSSR count). The molecule has 5 heteroatoms. The second-order valence-electron chi connectivity index (χ2n) is 7.29. The van der Waals surface area contributed by atoms with E-state index in [1.165, 1.54) is 5.57 Å². The van der Waals surface area contributed by atoms with Crippen LogP contribution in [0.3, 0.4) is 0 Å². The molecule has 2 aliphatic carbocycles. The Morgan fingerprint density at radius 1 is 1.21 bits per heavy atom. The molecular formula is C23H24N2O3. The van der Waals surface area contributed by atoms with Crippen LogP contribution in [0.1, 0.15) is 38.2 Å². The van der Waals surface area contributed by atoms with Crippen LogP contribution >= 0.6 is 0 Å². The molecule has 1 heterocycles. The second-order valence-corrected chi connectivity index (χ2v) is 7.29. The van der Waals surface area contributed by atoms with Gasteiger partial charge in [0.2, 0.25) is 0 Å². The summed E-state index contributed by atoms with van der Waals surface area (Å²) >= 11 is 0. The fraction of sp³-hybridized carbons (Fsp3) is 0.348. The van der Waals surface area contributed by atoms with Gasteiger partial charge >= 0.3 is 0 Å². The molecule has 1 unspecified atom stereocenters. The Kier molecular flexibility index (Phi) is 5.24. The maximum absolute atomic E-state index is 12.4. The van der Waals surface area contributed by atoms with Crippen molar-refractivity contribution in [3.8, 4) is 5.75 Å². The molecule has 0 aromatic heterocycles. The average Bonchev–Trinajstić information content (AvgIpc) is 2.70. The summed E-state index contributed by atoms with van der Waals surface area (Å²) in [6, 6.07) is 7.48. The summed E-state index contributed by atoms with van der Waals surface area (Å²) in [7, 11) is 0. The van der Waals surface area contributed by atoms with Gasteiger partial charge in [0.25, 0.3) is 11.8 Å². The number of aliphatic imine (C=N–C) groups is 1. The van der Waals surface area contributed by atoms with Crippen LogP contribution in [0.2, 0.25) is 0 Å². The number of allylic oxidation sites excluding steroid dienone is 3. The third-order valence-electron chi connectivity index (χ3n) is 5.36. The molecule has 2 amide bonds. The number of hydrogen-bond donors (Lipinski definition) is 1. The highest BCUT2D eigenvalue weighted by Gasteiger charge is 2.33. The van der Waals surface area contributed by atoms with Gasteiger partial charge < -0.3 is 10.1 Å². The Morgan fingerprint density at radius 3 is 2.79 bits per heavy atom. The molecule has 1 aliphatic heterocycles. The molecule has 1 N–H and O–H groups in total. The molecule has 28 heavy (non-hydrogen) atoms. The highest BCUT2D eigenvalue weighted by Crippen LogP contribution is 2.38. The number of rotatable bonds is 4. The summed E-state index contributed by atoms with van der Waals surface area (Å²) in [5.74, 6) is 0.708. The molecule has 144 valence electrons. The maximum atomic E-state index is 12.4. The van der Waals surface area contributed by atoms with E-state index in [0.29, 0.717) is 12.3 Å². The molecule has 1 aromatic carbocycles. The highest BCUT2D eigenvalue weighted by atomic mass is 16.5. The SMILES string of the molecule is CCOc1ccc(CC(=O)N=C2C=CC3C(=C2)NC(=O)C2=C3CCCC2)cc1. The first-order chi connectivity index (χ1) is 13.6. The summed E-state index contributed by atoms with van der Waals surface area (Å²) in [4.78, 5) is 29.0. The molecule has 0 radical (unpaired) electrons. The molecule has 0 saturated heterocycles. The van der Waals surface area contributed by atoms with E-state index < -0.39 is 0 Å². The largest absolute Gasteiger partial charge is 0.494 e. The van der Waals surface area contributed by atoms with Crippen molar-refractivity contribution in [2.75, 3.05) is 6.61 Å². The van der Waals surface area contributed by atoms with Crippen LogP contribution in [0.25, 0.3) is 0 Å². The van der Waals surface area contributed by atoms with E-state index in [0.717, 1.165) is 48.3 Å². The van der Waals surface area contributed by atoms with Gasteiger partial charge in [-0.15, -0.1) is 0 Å². The number of fused-ring (bicyclic) bond motifs is 2. The Balaban J connectivity index is 1.47. The molecule has 0 bridgehead atoms. The lowest BCUT2D eigenvalue weighted by Crippen LogP contribution is -2.37. The number of nitrogens with one attached hydrogen (secondary N) is 1. The average molecular weight is 376 g/mol. The van der Waals surface area contributed by atoms with Crippen molar-refractivity contribution < 1.29 is 14.3 Å². The lowest BCUT2D eigenvalue weighted by atomic mass is 9.77. The normalized spacial score (nSPS) is 22.3. The van der Waals surface area contributed by atoms with E-state index in [9.17, 15) is 9.59 Å². The lowest BCUT2D eigenvalue weighted by molar-refractivity contribution is -0.118. The first-order valence-corrected chi connectivity index (χ1v) is 9.90. The van der Waals surface area contributed by atoms with E-state index in [-0.39, 0.29) is 24.2 Å². The minimum absolute atomic E-state index is 0.00700. The zero-order valence-corrected chi connectivity index (χ0v) is 16.0. The van der Waals surface area contributed by atoms with Crippen molar-refractivity contribution in [2.24, 2.45) is 10.9 Å². The Hall–Kier alpha value is -2.95. The van der Waals surface area contributed by atoms with E-state index in [1.54, 1.807) is 0 Å². The van der Waals surface area contributed by atoms with Crippen LogP contribution in [0.4, 0.5) is 0 Å². The van der Waals surface area contributed by atoms with E-state index in [1.807, 2.05) is 43.3 Å². The first-order valence-electron chi connectivity index (χ1n) is 9.90. The van der Waals surface area contributed by atoms with Crippen LogP contribution in [0.15, 0.2) is 64.3 Å². The molecule has 3 aliphatic rings. The van der Waals surface area contributed by atoms with Crippen LogP contribution < -0.4 is 10.1 Å². The van der Waals surface area contributed by atoms with Crippen molar-refractivity contribution in [2.45, 2.75) is 39.0 Å². The summed E-state index contributed by atoms with van der Waals surface area (Å²) in [5, 5.41) is 3.00. The van der Waals surface area contributed by atoms with Gasteiger partial charge in [0, 0.05) is 17.2 Å². The summed E-state index contributed by atoms with van der Waals surface area (Å²) in [6.45, 7) is 2.55. The monoisotopic (exact) mass is 376 g/mol. The fourth-order valence-electron chi connectivity index (χ4n) is 4.05.